The molecule has 0 fully saturated rings. The molecule has 0 aliphatic rings. The van der Waals surface area contributed by atoms with E-state index in [0.717, 1.165) is 11.1 Å². The van der Waals surface area contributed by atoms with Gasteiger partial charge in [0.1, 0.15) is 5.92 Å². The fourth-order valence-corrected chi connectivity index (χ4v) is 2.25. The molecule has 0 amide bonds. The number of hydrogen-bond donors (Lipinski definition) is 0. The van der Waals surface area contributed by atoms with E-state index < -0.39 is 11.9 Å². The Hall–Kier alpha value is -2.68. The molecule has 0 radical (unpaired) electrons. The molecule has 118 valence electrons. The zero-order valence-corrected chi connectivity index (χ0v) is 13.1. The number of esters is 1. The third-order valence-corrected chi connectivity index (χ3v) is 3.44. The SMILES string of the molecule is CCOC(=O)C(Cc1ccccc1)C(=O)/C=C/c1ccccc1. The second-order valence-corrected chi connectivity index (χ2v) is 5.14. The van der Waals surface area contributed by atoms with Gasteiger partial charge in [0.2, 0.25) is 0 Å². The van der Waals surface area contributed by atoms with Gasteiger partial charge >= 0.3 is 5.97 Å². The molecule has 3 heteroatoms. The van der Waals surface area contributed by atoms with Gasteiger partial charge in [0.15, 0.2) is 5.78 Å². The van der Waals surface area contributed by atoms with Crippen molar-refractivity contribution in [3.8, 4) is 0 Å². The van der Waals surface area contributed by atoms with Gasteiger partial charge < -0.3 is 4.74 Å². The van der Waals surface area contributed by atoms with Gasteiger partial charge in [-0.25, -0.2) is 0 Å². The fraction of sp³-hybridized carbons (Fsp3) is 0.200. The highest BCUT2D eigenvalue weighted by Gasteiger charge is 2.26. The zero-order chi connectivity index (χ0) is 16.5. The summed E-state index contributed by atoms with van der Waals surface area (Å²) in [5, 5.41) is 0. The van der Waals surface area contributed by atoms with E-state index in [1.54, 1.807) is 13.0 Å². The normalized spacial score (nSPS) is 12.0. The molecule has 0 aromatic heterocycles. The molecule has 0 saturated heterocycles. The van der Waals surface area contributed by atoms with E-state index in [-0.39, 0.29) is 12.4 Å². The lowest BCUT2D eigenvalue weighted by atomic mass is 9.94. The maximum absolute atomic E-state index is 12.4. The molecule has 0 heterocycles. The van der Waals surface area contributed by atoms with Crippen LogP contribution < -0.4 is 0 Å². The quantitative estimate of drug-likeness (QED) is 0.445. The van der Waals surface area contributed by atoms with Crippen LogP contribution in [0.4, 0.5) is 0 Å². The first kappa shape index (κ1) is 16.7. The van der Waals surface area contributed by atoms with E-state index >= 15 is 0 Å². The average Bonchev–Trinajstić information content (AvgIpc) is 2.59. The minimum Gasteiger partial charge on any atom is -0.465 e. The Morgan fingerprint density at radius 3 is 2.22 bits per heavy atom. The standard InChI is InChI=1S/C20H20O3/c1-2-23-20(22)18(15-17-11-7-4-8-12-17)19(21)14-13-16-9-5-3-6-10-16/h3-14,18H,2,15H2,1H3/b14-13+. The van der Waals surface area contributed by atoms with Crippen LogP contribution in [-0.4, -0.2) is 18.4 Å². The number of allylic oxidation sites excluding steroid dienone is 1. The van der Waals surface area contributed by atoms with E-state index in [2.05, 4.69) is 0 Å². The van der Waals surface area contributed by atoms with Gasteiger partial charge in [0, 0.05) is 0 Å². The number of benzene rings is 2. The summed E-state index contributed by atoms with van der Waals surface area (Å²) in [7, 11) is 0. The van der Waals surface area contributed by atoms with Crippen LogP contribution in [0.2, 0.25) is 0 Å². The highest BCUT2D eigenvalue weighted by atomic mass is 16.5. The van der Waals surface area contributed by atoms with E-state index in [0.29, 0.717) is 6.42 Å². The molecule has 2 rings (SSSR count). The Morgan fingerprint density at radius 2 is 1.61 bits per heavy atom. The van der Waals surface area contributed by atoms with Crippen LogP contribution >= 0.6 is 0 Å². The van der Waals surface area contributed by atoms with Gasteiger partial charge in [0.05, 0.1) is 6.61 Å². The minimum atomic E-state index is -0.808. The summed E-state index contributed by atoms with van der Waals surface area (Å²) in [5.41, 5.74) is 1.86. The molecule has 1 unspecified atom stereocenters. The van der Waals surface area contributed by atoms with E-state index in [4.69, 9.17) is 4.74 Å². The Morgan fingerprint density at radius 1 is 1.00 bits per heavy atom. The second-order valence-electron chi connectivity index (χ2n) is 5.14. The third-order valence-electron chi connectivity index (χ3n) is 3.44. The number of ketones is 1. The number of carbonyl (C=O) groups excluding carboxylic acids is 2. The van der Waals surface area contributed by atoms with E-state index in [1.165, 1.54) is 6.08 Å². The predicted octanol–water partition coefficient (Wildman–Crippen LogP) is 3.69. The highest BCUT2D eigenvalue weighted by molar-refractivity contribution is 6.06. The van der Waals surface area contributed by atoms with Gasteiger partial charge in [0.25, 0.3) is 0 Å². The lowest BCUT2D eigenvalue weighted by Crippen LogP contribution is -2.27. The molecular formula is C20H20O3. The van der Waals surface area contributed by atoms with Crippen molar-refractivity contribution in [1.82, 2.24) is 0 Å². The van der Waals surface area contributed by atoms with Crippen LogP contribution in [0.1, 0.15) is 18.1 Å². The van der Waals surface area contributed by atoms with Crippen molar-refractivity contribution in [1.29, 1.82) is 0 Å². The smallest absolute Gasteiger partial charge is 0.317 e. The van der Waals surface area contributed by atoms with Crippen LogP contribution in [0.5, 0.6) is 0 Å². The molecule has 2 aromatic rings. The topological polar surface area (TPSA) is 43.4 Å². The van der Waals surface area contributed by atoms with Crippen LogP contribution in [0.15, 0.2) is 66.7 Å². The largest absolute Gasteiger partial charge is 0.465 e. The Kier molecular flexibility index (Phi) is 6.30. The molecule has 2 aromatic carbocycles. The Bertz CT molecular complexity index is 660. The third kappa shape index (κ3) is 5.22. The molecule has 0 N–H and O–H groups in total. The van der Waals surface area contributed by atoms with Crippen molar-refractivity contribution >= 4 is 17.8 Å². The minimum absolute atomic E-state index is 0.240. The van der Waals surface area contributed by atoms with Crippen molar-refractivity contribution in [3.63, 3.8) is 0 Å². The van der Waals surface area contributed by atoms with Gasteiger partial charge in [-0.05, 0) is 30.5 Å². The lowest BCUT2D eigenvalue weighted by molar-refractivity contribution is -0.150. The van der Waals surface area contributed by atoms with E-state index in [9.17, 15) is 9.59 Å². The molecule has 23 heavy (non-hydrogen) atoms. The number of ether oxygens (including phenoxy) is 1. The summed E-state index contributed by atoms with van der Waals surface area (Å²) >= 11 is 0. The summed E-state index contributed by atoms with van der Waals surface area (Å²) < 4.78 is 5.06. The van der Waals surface area contributed by atoms with Crippen LogP contribution in [0, 0.1) is 5.92 Å². The first-order chi connectivity index (χ1) is 11.2. The zero-order valence-electron chi connectivity index (χ0n) is 13.1. The number of hydrogen-bond acceptors (Lipinski definition) is 3. The monoisotopic (exact) mass is 308 g/mol. The van der Waals surface area contributed by atoms with Gasteiger partial charge in [-0.2, -0.15) is 0 Å². The molecule has 0 spiro atoms. The molecule has 0 aliphatic heterocycles. The molecular weight excluding hydrogens is 288 g/mol. The predicted molar refractivity (Wildman–Crippen MR) is 90.8 cm³/mol. The summed E-state index contributed by atoms with van der Waals surface area (Å²) in [5.74, 6) is -1.52. The molecule has 3 nitrogen and oxygen atoms in total. The molecule has 1 atom stereocenters. The summed E-state index contributed by atoms with van der Waals surface area (Å²) in [4.78, 5) is 24.6. The number of carbonyl (C=O) groups is 2. The van der Waals surface area contributed by atoms with Crippen LogP contribution in [0.3, 0.4) is 0 Å². The molecule has 0 saturated carbocycles. The summed E-state index contributed by atoms with van der Waals surface area (Å²) in [6, 6.07) is 19.0. The Labute approximate surface area is 136 Å². The van der Waals surface area contributed by atoms with Crippen molar-refractivity contribution in [2.45, 2.75) is 13.3 Å². The van der Waals surface area contributed by atoms with Gasteiger partial charge in [-0.15, -0.1) is 0 Å². The van der Waals surface area contributed by atoms with Gasteiger partial charge in [-0.3, -0.25) is 9.59 Å². The first-order valence-corrected chi connectivity index (χ1v) is 7.68. The highest BCUT2D eigenvalue weighted by Crippen LogP contribution is 2.14. The van der Waals surface area contributed by atoms with Crippen LogP contribution in [0.25, 0.3) is 6.08 Å². The van der Waals surface area contributed by atoms with Crippen LogP contribution in [-0.2, 0) is 20.7 Å². The fourth-order valence-electron chi connectivity index (χ4n) is 2.25. The average molecular weight is 308 g/mol. The molecule has 0 bridgehead atoms. The van der Waals surface area contributed by atoms with Crippen molar-refractivity contribution < 1.29 is 14.3 Å². The summed E-state index contributed by atoms with van der Waals surface area (Å²) in [6.07, 6.45) is 3.52. The molecule has 0 aliphatic carbocycles. The summed E-state index contributed by atoms with van der Waals surface area (Å²) in [6.45, 7) is 2.00. The Balaban J connectivity index is 2.14. The van der Waals surface area contributed by atoms with Crippen molar-refractivity contribution in [3.05, 3.63) is 77.9 Å². The van der Waals surface area contributed by atoms with E-state index in [1.807, 2.05) is 60.7 Å². The van der Waals surface area contributed by atoms with Crippen molar-refractivity contribution in [2.24, 2.45) is 5.92 Å². The van der Waals surface area contributed by atoms with Crippen molar-refractivity contribution in [2.75, 3.05) is 6.61 Å². The second kappa shape index (κ2) is 8.69. The lowest BCUT2D eigenvalue weighted by Gasteiger charge is -2.13. The van der Waals surface area contributed by atoms with Gasteiger partial charge in [-0.1, -0.05) is 66.7 Å². The number of rotatable bonds is 7. The maximum Gasteiger partial charge on any atom is 0.317 e. The maximum atomic E-state index is 12.4. The first-order valence-electron chi connectivity index (χ1n) is 7.68.